The molecule has 0 bridgehead atoms. The van der Waals surface area contributed by atoms with Gasteiger partial charge in [0.05, 0.1) is 5.69 Å². The van der Waals surface area contributed by atoms with Gasteiger partial charge in [0.15, 0.2) is 0 Å². The van der Waals surface area contributed by atoms with Crippen LogP contribution in [-0.2, 0) is 0 Å². The van der Waals surface area contributed by atoms with Gasteiger partial charge in [-0.2, -0.15) is 0 Å². The van der Waals surface area contributed by atoms with E-state index in [0.29, 0.717) is 0 Å². The highest BCUT2D eigenvalue weighted by atomic mass is 32.2. The van der Waals surface area contributed by atoms with E-state index in [4.69, 9.17) is 0 Å². The van der Waals surface area contributed by atoms with Crippen LogP contribution in [0.5, 0.6) is 0 Å². The SMILES string of the molecule is CCCCCCN(CCCCCC)SN(C)/C=N/c1ccccc1C. The topological polar surface area (TPSA) is 18.8 Å². The van der Waals surface area contributed by atoms with E-state index in [2.05, 4.69) is 59.6 Å². The van der Waals surface area contributed by atoms with Crippen molar-refractivity contribution in [2.75, 3.05) is 20.1 Å². The zero-order valence-corrected chi connectivity index (χ0v) is 17.5. The average Bonchev–Trinajstić information content (AvgIpc) is 2.61. The Kier molecular flexibility index (Phi) is 12.5. The molecule has 0 unspecified atom stereocenters. The summed E-state index contributed by atoms with van der Waals surface area (Å²) < 4.78 is 4.64. The van der Waals surface area contributed by atoms with Gasteiger partial charge in [-0.15, -0.1) is 0 Å². The maximum absolute atomic E-state index is 4.63. The third-order valence-electron chi connectivity index (χ3n) is 4.24. The van der Waals surface area contributed by atoms with Crippen LogP contribution in [0.3, 0.4) is 0 Å². The first-order valence-electron chi connectivity index (χ1n) is 9.93. The summed E-state index contributed by atoms with van der Waals surface area (Å²) in [6.45, 7) is 8.98. The first kappa shape index (κ1) is 22.0. The Labute approximate surface area is 160 Å². The summed E-state index contributed by atoms with van der Waals surface area (Å²) in [5.74, 6) is 0. The Morgan fingerprint density at radius 2 is 1.52 bits per heavy atom. The van der Waals surface area contributed by atoms with E-state index in [1.807, 2.05) is 12.4 Å². The summed E-state index contributed by atoms with van der Waals surface area (Å²) in [6, 6.07) is 8.27. The number of benzene rings is 1. The van der Waals surface area contributed by atoms with Crippen LogP contribution >= 0.6 is 12.1 Å². The number of hydrogen-bond acceptors (Lipinski definition) is 3. The van der Waals surface area contributed by atoms with Gasteiger partial charge in [0.2, 0.25) is 0 Å². The molecular weight excluding hydrogens is 326 g/mol. The second kappa shape index (κ2) is 14.2. The zero-order chi connectivity index (χ0) is 18.3. The fourth-order valence-corrected chi connectivity index (χ4v) is 3.55. The fourth-order valence-electron chi connectivity index (χ4n) is 2.68. The van der Waals surface area contributed by atoms with Crippen LogP contribution < -0.4 is 0 Å². The van der Waals surface area contributed by atoms with E-state index in [9.17, 15) is 0 Å². The lowest BCUT2D eigenvalue weighted by atomic mass is 10.2. The Morgan fingerprint density at radius 3 is 2.08 bits per heavy atom. The smallest absolute Gasteiger partial charge is 0.102 e. The molecule has 3 nitrogen and oxygen atoms in total. The molecule has 1 aromatic rings. The van der Waals surface area contributed by atoms with Crippen molar-refractivity contribution in [3.05, 3.63) is 29.8 Å². The van der Waals surface area contributed by atoms with E-state index < -0.39 is 0 Å². The molecule has 0 heterocycles. The minimum absolute atomic E-state index is 1.05. The molecule has 0 fully saturated rings. The molecule has 0 aromatic heterocycles. The number of nitrogens with zero attached hydrogens (tertiary/aromatic N) is 3. The number of hydrogen-bond donors (Lipinski definition) is 0. The minimum Gasteiger partial charge on any atom is -0.297 e. The van der Waals surface area contributed by atoms with Crippen molar-refractivity contribution in [1.82, 2.24) is 8.61 Å². The first-order chi connectivity index (χ1) is 12.2. The van der Waals surface area contributed by atoms with Crippen molar-refractivity contribution in [2.24, 2.45) is 4.99 Å². The van der Waals surface area contributed by atoms with Crippen LogP contribution in [0.15, 0.2) is 29.3 Å². The molecule has 0 saturated heterocycles. The molecule has 0 atom stereocenters. The van der Waals surface area contributed by atoms with Gasteiger partial charge >= 0.3 is 0 Å². The van der Waals surface area contributed by atoms with Gasteiger partial charge in [-0.3, -0.25) is 4.31 Å². The highest BCUT2D eigenvalue weighted by Crippen LogP contribution is 2.19. The summed E-state index contributed by atoms with van der Waals surface area (Å²) in [4.78, 5) is 4.63. The summed E-state index contributed by atoms with van der Waals surface area (Å²) in [6.07, 6.45) is 12.5. The highest BCUT2D eigenvalue weighted by Gasteiger charge is 2.08. The van der Waals surface area contributed by atoms with Crippen molar-refractivity contribution in [3.63, 3.8) is 0 Å². The maximum Gasteiger partial charge on any atom is 0.102 e. The Hall–Kier alpha value is -1.00. The normalized spacial score (nSPS) is 11.6. The molecule has 0 N–H and O–H groups in total. The standard InChI is InChI=1S/C21H37N3S/c1-5-7-9-13-17-24(18-14-10-8-6-2)25-23(4)19-22-21-16-12-11-15-20(21)3/h11-12,15-16,19H,5-10,13-14,17-18H2,1-4H3/b22-19+. The molecule has 142 valence electrons. The summed E-state index contributed by atoms with van der Waals surface area (Å²) in [7, 11) is 2.09. The third kappa shape index (κ3) is 10.6. The van der Waals surface area contributed by atoms with Crippen LogP contribution in [0.2, 0.25) is 0 Å². The summed E-state index contributed by atoms with van der Waals surface area (Å²) in [5, 5.41) is 0. The molecular formula is C21H37N3S. The second-order valence-corrected chi connectivity index (χ2v) is 7.96. The predicted octanol–water partition coefficient (Wildman–Crippen LogP) is 6.61. The molecule has 0 aliphatic rings. The molecule has 25 heavy (non-hydrogen) atoms. The van der Waals surface area contributed by atoms with Crippen LogP contribution in [0.4, 0.5) is 5.69 Å². The average molecular weight is 364 g/mol. The van der Waals surface area contributed by atoms with Gasteiger partial charge in [-0.1, -0.05) is 70.6 Å². The number of aryl methyl sites for hydroxylation is 1. The van der Waals surface area contributed by atoms with Gasteiger partial charge in [0.25, 0.3) is 0 Å². The molecule has 0 aliphatic carbocycles. The Bertz CT molecular complexity index is 464. The Morgan fingerprint density at radius 1 is 0.920 bits per heavy atom. The van der Waals surface area contributed by atoms with Gasteiger partial charge in [-0.05, 0) is 31.4 Å². The lowest BCUT2D eigenvalue weighted by Crippen LogP contribution is -2.24. The molecule has 0 radical (unpaired) electrons. The summed E-state index contributed by atoms with van der Waals surface area (Å²) in [5.41, 5.74) is 2.26. The van der Waals surface area contributed by atoms with Gasteiger partial charge < -0.3 is 0 Å². The number of para-hydroxylation sites is 1. The van der Waals surface area contributed by atoms with E-state index in [1.165, 1.54) is 70.0 Å². The maximum atomic E-state index is 4.63. The molecule has 1 rings (SSSR count). The Balaban J connectivity index is 2.47. The largest absolute Gasteiger partial charge is 0.297 e. The predicted molar refractivity (Wildman–Crippen MR) is 115 cm³/mol. The lowest BCUT2D eigenvalue weighted by molar-refractivity contribution is 0.421. The van der Waals surface area contributed by atoms with Gasteiger partial charge in [0.1, 0.15) is 6.34 Å². The second-order valence-electron chi connectivity index (χ2n) is 6.71. The van der Waals surface area contributed by atoms with Crippen molar-refractivity contribution in [1.29, 1.82) is 0 Å². The van der Waals surface area contributed by atoms with Crippen LogP contribution in [0.25, 0.3) is 0 Å². The molecule has 0 spiro atoms. The van der Waals surface area contributed by atoms with E-state index in [1.54, 1.807) is 12.1 Å². The van der Waals surface area contributed by atoms with Crippen LogP contribution in [0.1, 0.15) is 70.8 Å². The highest BCUT2D eigenvalue weighted by molar-refractivity contribution is 7.95. The number of aliphatic imine (C=N–C) groups is 1. The van der Waals surface area contributed by atoms with Crippen LogP contribution in [0, 0.1) is 6.92 Å². The lowest BCUT2D eigenvalue weighted by Gasteiger charge is -2.24. The minimum atomic E-state index is 1.05. The van der Waals surface area contributed by atoms with Crippen LogP contribution in [-0.4, -0.2) is 35.1 Å². The molecule has 0 aliphatic heterocycles. The summed E-state index contributed by atoms with van der Waals surface area (Å²) >= 11 is 1.80. The quantitative estimate of drug-likeness (QED) is 0.160. The number of rotatable bonds is 14. The third-order valence-corrected chi connectivity index (χ3v) is 5.19. The van der Waals surface area contributed by atoms with Crippen molar-refractivity contribution < 1.29 is 0 Å². The van der Waals surface area contributed by atoms with E-state index in [0.717, 1.165) is 5.69 Å². The van der Waals surface area contributed by atoms with E-state index in [-0.39, 0.29) is 0 Å². The molecule has 0 amide bonds. The van der Waals surface area contributed by atoms with Gasteiger partial charge in [0, 0.05) is 32.3 Å². The van der Waals surface area contributed by atoms with Gasteiger partial charge in [-0.25, -0.2) is 9.30 Å². The first-order valence-corrected chi connectivity index (χ1v) is 10.7. The molecule has 4 heteroatoms. The number of unbranched alkanes of at least 4 members (excludes halogenated alkanes) is 6. The van der Waals surface area contributed by atoms with Crippen molar-refractivity contribution in [3.8, 4) is 0 Å². The molecule has 0 saturated carbocycles. The fraction of sp³-hybridized carbons (Fsp3) is 0.667. The molecule has 1 aromatic carbocycles. The van der Waals surface area contributed by atoms with E-state index >= 15 is 0 Å². The van der Waals surface area contributed by atoms with Crippen molar-refractivity contribution >= 4 is 24.2 Å². The monoisotopic (exact) mass is 363 g/mol. The zero-order valence-electron chi connectivity index (χ0n) is 16.7. The van der Waals surface area contributed by atoms with Crippen molar-refractivity contribution in [2.45, 2.75) is 72.1 Å².